The highest BCUT2D eigenvalue weighted by molar-refractivity contribution is 7.92. The Balaban J connectivity index is 2.07. The molecule has 1 unspecified atom stereocenters. The third kappa shape index (κ3) is 8.71. The number of rotatable bonds is 11. The van der Waals surface area contributed by atoms with Crippen LogP contribution >= 0.6 is 23.2 Å². The lowest BCUT2D eigenvalue weighted by Gasteiger charge is -2.34. The molecule has 0 saturated carbocycles. The molecule has 1 atom stereocenters. The van der Waals surface area contributed by atoms with Crippen LogP contribution in [0.15, 0.2) is 72.8 Å². The fraction of sp³-hybridized carbons (Fsp3) is 0.310. The minimum Gasteiger partial charge on any atom is -0.352 e. The van der Waals surface area contributed by atoms with Gasteiger partial charge in [-0.1, -0.05) is 71.7 Å². The van der Waals surface area contributed by atoms with Gasteiger partial charge in [-0.3, -0.25) is 13.9 Å². The minimum atomic E-state index is -3.83. The summed E-state index contributed by atoms with van der Waals surface area (Å²) in [5, 5.41) is 3.59. The lowest BCUT2D eigenvalue weighted by molar-refractivity contribution is -0.140. The Morgan fingerprint density at radius 2 is 1.59 bits per heavy atom. The van der Waals surface area contributed by atoms with Crippen LogP contribution in [0.3, 0.4) is 0 Å². The van der Waals surface area contributed by atoms with Crippen molar-refractivity contribution >= 4 is 50.7 Å². The quantitative estimate of drug-likeness (QED) is 0.331. The van der Waals surface area contributed by atoms with E-state index in [1.807, 2.05) is 57.2 Å². The SMILES string of the molecule is Cc1cccc(N(CC(=O)N(Cc2ccc(Cl)c(Cl)c2)C(Cc2ccccc2)C(=O)NC(C)C)S(C)(=O)=O)c1. The van der Waals surface area contributed by atoms with Gasteiger partial charge in [-0.2, -0.15) is 0 Å². The summed E-state index contributed by atoms with van der Waals surface area (Å²) in [7, 11) is -3.83. The lowest BCUT2D eigenvalue weighted by atomic mass is 10.0. The number of halogens is 2. The zero-order chi connectivity index (χ0) is 28.7. The zero-order valence-electron chi connectivity index (χ0n) is 22.4. The zero-order valence-corrected chi connectivity index (χ0v) is 24.7. The van der Waals surface area contributed by atoms with Gasteiger partial charge in [-0.25, -0.2) is 8.42 Å². The van der Waals surface area contributed by atoms with Crippen LogP contribution in [-0.2, 0) is 32.6 Å². The van der Waals surface area contributed by atoms with Gasteiger partial charge in [-0.05, 0) is 61.7 Å². The number of amides is 2. The van der Waals surface area contributed by atoms with E-state index in [0.717, 1.165) is 21.7 Å². The highest BCUT2D eigenvalue weighted by atomic mass is 35.5. The summed E-state index contributed by atoms with van der Waals surface area (Å²) >= 11 is 12.4. The van der Waals surface area contributed by atoms with Gasteiger partial charge in [0.05, 0.1) is 22.0 Å². The molecule has 3 aromatic carbocycles. The fourth-order valence-corrected chi connectivity index (χ4v) is 5.33. The molecule has 0 bridgehead atoms. The molecule has 1 N–H and O–H groups in total. The first-order valence-electron chi connectivity index (χ1n) is 12.5. The largest absolute Gasteiger partial charge is 0.352 e. The molecule has 0 fully saturated rings. The summed E-state index contributed by atoms with van der Waals surface area (Å²) < 4.78 is 26.7. The molecule has 2 amide bonds. The van der Waals surface area contributed by atoms with E-state index in [2.05, 4.69) is 5.32 Å². The normalized spacial score (nSPS) is 12.2. The summed E-state index contributed by atoms with van der Waals surface area (Å²) in [6.45, 7) is 5.06. The van der Waals surface area contributed by atoms with Gasteiger partial charge in [0.1, 0.15) is 12.6 Å². The van der Waals surface area contributed by atoms with E-state index in [4.69, 9.17) is 23.2 Å². The first-order valence-corrected chi connectivity index (χ1v) is 15.1. The molecule has 3 rings (SSSR count). The number of nitrogens with zero attached hydrogens (tertiary/aromatic N) is 2. The molecule has 0 spiro atoms. The van der Waals surface area contributed by atoms with E-state index in [0.29, 0.717) is 21.3 Å². The maximum absolute atomic E-state index is 14.0. The molecule has 3 aromatic rings. The van der Waals surface area contributed by atoms with Crippen molar-refractivity contribution in [1.29, 1.82) is 0 Å². The fourth-order valence-electron chi connectivity index (χ4n) is 4.17. The third-order valence-electron chi connectivity index (χ3n) is 6.01. The van der Waals surface area contributed by atoms with Crippen molar-refractivity contribution in [1.82, 2.24) is 10.2 Å². The van der Waals surface area contributed by atoms with E-state index < -0.39 is 28.5 Å². The van der Waals surface area contributed by atoms with Crippen LogP contribution in [0.2, 0.25) is 10.0 Å². The first-order chi connectivity index (χ1) is 18.3. The monoisotopic (exact) mass is 589 g/mol. The lowest BCUT2D eigenvalue weighted by Crippen LogP contribution is -2.54. The highest BCUT2D eigenvalue weighted by Crippen LogP contribution is 2.25. The highest BCUT2D eigenvalue weighted by Gasteiger charge is 2.33. The molecule has 39 heavy (non-hydrogen) atoms. The summed E-state index contributed by atoms with van der Waals surface area (Å²) in [5.74, 6) is -0.878. The Labute approximate surface area is 240 Å². The molecule has 0 aromatic heterocycles. The van der Waals surface area contributed by atoms with Crippen molar-refractivity contribution in [2.24, 2.45) is 0 Å². The molecular formula is C29H33Cl2N3O4S. The minimum absolute atomic E-state index is 0.0180. The van der Waals surface area contributed by atoms with E-state index >= 15 is 0 Å². The van der Waals surface area contributed by atoms with Crippen molar-refractivity contribution in [2.45, 2.75) is 45.8 Å². The number of hydrogen-bond donors (Lipinski definition) is 1. The van der Waals surface area contributed by atoms with Crippen LogP contribution in [0.5, 0.6) is 0 Å². The summed E-state index contributed by atoms with van der Waals surface area (Å²) in [6.07, 6.45) is 1.29. The van der Waals surface area contributed by atoms with Crippen LogP contribution in [-0.4, -0.2) is 50.0 Å². The Morgan fingerprint density at radius 3 is 2.18 bits per heavy atom. The number of sulfonamides is 1. The standard InChI is InChI=1S/C29H33Cl2N3O4S/c1-20(2)32-29(36)27(17-22-10-6-5-7-11-22)33(18-23-13-14-25(30)26(31)16-23)28(35)19-34(39(4,37)38)24-12-8-9-21(3)15-24/h5-16,20,27H,17-19H2,1-4H3,(H,32,36). The summed E-state index contributed by atoms with van der Waals surface area (Å²) in [5.41, 5.74) is 2.72. The van der Waals surface area contributed by atoms with E-state index in [1.165, 1.54) is 4.90 Å². The molecule has 0 radical (unpaired) electrons. The molecule has 0 heterocycles. The Morgan fingerprint density at radius 1 is 0.897 bits per heavy atom. The molecule has 0 aliphatic heterocycles. The number of carbonyl (C=O) groups excluding carboxylic acids is 2. The summed E-state index contributed by atoms with van der Waals surface area (Å²) in [6, 6.07) is 20.2. The summed E-state index contributed by atoms with van der Waals surface area (Å²) in [4.78, 5) is 29.0. The topological polar surface area (TPSA) is 86.8 Å². The van der Waals surface area contributed by atoms with Crippen molar-refractivity contribution in [3.63, 3.8) is 0 Å². The number of benzene rings is 3. The predicted octanol–water partition coefficient (Wildman–Crippen LogP) is 5.23. The van der Waals surface area contributed by atoms with Gasteiger partial charge >= 0.3 is 0 Å². The third-order valence-corrected chi connectivity index (χ3v) is 7.89. The second kappa shape index (κ2) is 13.3. The second-order valence-corrected chi connectivity index (χ2v) is 12.5. The van der Waals surface area contributed by atoms with Crippen molar-refractivity contribution in [2.75, 3.05) is 17.1 Å². The molecule has 7 nitrogen and oxygen atoms in total. The Hall–Kier alpha value is -3.07. The Bertz CT molecular complexity index is 1420. The molecule has 208 valence electrons. The molecule has 0 aliphatic rings. The number of aryl methyl sites for hydroxylation is 1. The van der Waals surface area contributed by atoms with Crippen molar-refractivity contribution in [3.8, 4) is 0 Å². The molecule has 10 heteroatoms. The van der Waals surface area contributed by atoms with Gasteiger partial charge < -0.3 is 10.2 Å². The van der Waals surface area contributed by atoms with Gasteiger partial charge in [0, 0.05) is 19.0 Å². The number of hydrogen-bond acceptors (Lipinski definition) is 4. The van der Waals surface area contributed by atoms with E-state index in [9.17, 15) is 18.0 Å². The predicted molar refractivity (Wildman–Crippen MR) is 158 cm³/mol. The first kappa shape index (κ1) is 30.5. The van der Waals surface area contributed by atoms with Crippen LogP contribution in [0, 0.1) is 6.92 Å². The van der Waals surface area contributed by atoms with Crippen molar-refractivity contribution < 1.29 is 18.0 Å². The number of nitrogens with one attached hydrogen (secondary N) is 1. The van der Waals surface area contributed by atoms with Crippen molar-refractivity contribution in [3.05, 3.63) is 99.5 Å². The maximum atomic E-state index is 14.0. The van der Waals surface area contributed by atoms with Gasteiger partial charge in [0.2, 0.25) is 21.8 Å². The molecule has 0 aliphatic carbocycles. The van der Waals surface area contributed by atoms with E-state index in [-0.39, 0.29) is 24.9 Å². The number of anilines is 1. The van der Waals surface area contributed by atoms with E-state index in [1.54, 1.807) is 36.4 Å². The van der Waals surface area contributed by atoms with Gasteiger partial charge in [0.25, 0.3) is 0 Å². The Kier molecular flexibility index (Phi) is 10.4. The number of carbonyl (C=O) groups is 2. The molecular weight excluding hydrogens is 557 g/mol. The maximum Gasteiger partial charge on any atom is 0.244 e. The van der Waals surface area contributed by atoms with Gasteiger partial charge in [0.15, 0.2) is 0 Å². The van der Waals surface area contributed by atoms with Gasteiger partial charge in [-0.15, -0.1) is 0 Å². The van der Waals surface area contributed by atoms with Crippen LogP contribution in [0.25, 0.3) is 0 Å². The smallest absolute Gasteiger partial charge is 0.244 e. The van der Waals surface area contributed by atoms with Crippen LogP contribution < -0.4 is 9.62 Å². The van der Waals surface area contributed by atoms with Crippen LogP contribution in [0.1, 0.15) is 30.5 Å². The molecule has 0 saturated heterocycles. The average molecular weight is 591 g/mol. The second-order valence-electron chi connectivity index (χ2n) is 9.75. The average Bonchev–Trinajstić information content (AvgIpc) is 2.86. The van der Waals surface area contributed by atoms with Crippen LogP contribution in [0.4, 0.5) is 5.69 Å².